The Morgan fingerprint density at radius 2 is 1.70 bits per heavy atom. The predicted molar refractivity (Wildman–Crippen MR) is 68.6 cm³/mol. The lowest BCUT2D eigenvalue weighted by molar-refractivity contribution is -0.152. The SMILES string of the molecule is NC(=O)C1COCCN1C(=O)C1CCC(C(=O)O)CC1. The van der Waals surface area contributed by atoms with Crippen LogP contribution in [0.4, 0.5) is 0 Å². The highest BCUT2D eigenvalue weighted by molar-refractivity contribution is 5.88. The second kappa shape index (κ2) is 6.21. The standard InChI is InChI=1S/C13H20N2O5/c14-11(16)10-7-20-6-5-15(10)12(17)8-1-3-9(4-2-8)13(18)19/h8-10H,1-7H2,(H2,14,16)(H,18,19). The van der Waals surface area contributed by atoms with E-state index in [9.17, 15) is 14.4 Å². The van der Waals surface area contributed by atoms with Gasteiger partial charge in [-0.15, -0.1) is 0 Å². The second-order valence-electron chi connectivity index (χ2n) is 5.41. The summed E-state index contributed by atoms with van der Waals surface area (Å²) >= 11 is 0. The van der Waals surface area contributed by atoms with Crippen molar-refractivity contribution < 1.29 is 24.2 Å². The number of carbonyl (C=O) groups is 3. The number of aliphatic carboxylic acids is 1. The van der Waals surface area contributed by atoms with Crippen LogP contribution in [0.5, 0.6) is 0 Å². The Hall–Kier alpha value is -1.63. The Bertz CT molecular complexity index is 404. The summed E-state index contributed by atoms with van der Waals surface area (Å²) in [6, 6.07) is -0.701. The zero-order chi connectivity index (χ0) is 14.7. The van der Waals surface area contributed by atoms with Crippen LogP contribution in [0, 0.1) is 11.8 Å². The van der Waals surface area contributed by atoms with Crippen molar-refractivity contribution in [1.82, 2.24) is 4.90 Å². The minimum Gasteiger partial charge on any atom is -0.481 e. The molecule has 1 atom stereocenters. The van der Waals surface area contributed by atoms with Crippen LogP contribution in [0.1, 0.15) is 25.7 Å². The van der Waals surface area contributed by atoms with Gasteiger partial charge in [0, 0.05) is 12.5 Å². The van der Waals surface area contributed by atoms with Crippen molar-refractivity contribution in [3.8, 4) is 0 Å². The highest BCUT2D eigenvalue weighted by Gasteiger charge is 2.37. The van der Waals surface area contributed by atoms with Gasteiger partial charge in [0.25, 0.3) is 0 Å². The molecule has 2 rings (SSSR count). The molecule has 1 heterocycles. The molecule has 7 nitrogen and oxygen atoms in total. The van der Waals surface area contributed by atoms with Gasteiger partial charge < -0.3 is 20.5 Å². The van der Waals surface area contributed by atoms with E-state index >= 15 is 0 Å². The summed E-state index contributed by atoms with van der Waals surface area (Å²) in [5.74, 6) is -2.00. The molecule has 20 heavy (non-hydrogen) atoms. The summed E-state index contributed by atoms with van der Waals surface area (Å²) in [7, 11) is 0. The van der Waals surface area contributed by atoms with E-state index in [1.807, 2.05) is 0 Å². The zero-order valence-electron chi connectivity index (χ0n) is 11.3. The normalized spacial score (nSPS) is 30.8. The molecular weight excluding hydrogens is 264 g/mol. The summed E-state index contributed by atoms with van der Waals surface area (Å²) in [5.41, 5.74) is 5.30. The first-order valence-electron chi connectivity index (χ1n) is 6.91. The Morgan fingerprint density at radius 3 is 2.25 bits per heavy atom. The molecule has 0 aromatic rings. The molecule has 112 valence electrons. The first-order valence-corrected chi connectivity index (χ1v) is 6.91. The Kier molecular flexibility index (Phi) is 4.59. The number of nitrogens with two attached hydrogens (primary N) is 1. The van der Waals surface area contributed by atoms with Crippen LogP contribution in [0.25, 0.3) is 0 Å². The molecule has 1 aliphatic heterocycles. The number of amides is 2. The molecule has 1 unspecified atom stereocenters. The van der Waals surface area contributed by atoms with Crippen molar-refractivity contribution >= 4 is 17.8 Å². The quantitative estimate of drug-likeness (QED) is 0.732. The number of morpholine rings is 1. The number of carbonyl (C=O) groups excluding carboxylic acids is 2. The molecule has 0 aromatic carbocycles. The van der Waals surface area contributed by atoms with Gasteiger partial charge in [-0.1, -0.05) is 0 Å². The largest absolute Gasteiger partial charge is 0.481 e. The molecule has 0 spiro atoms. The van der Waals surface area contributed by atoms with E-state index in [1.165, 1.54) is 4.90 Å². The fourth-order valence-corrected chi connectivity index (χ4v) is 2.93. The topological polar surface area (TPSA) is 110 Å². The van der Waals surface area contributed by atoms with Crippen molar-refractivity contribution in [2.75, 3.05) is 19.8 Å². The van der Waals surface area contributed by atoms with Crippen LogP contribution in [0.2, 0.25) is 0 Å². The van der Waals surface area contributed by atoms with Gasteiger partial charge in [-0.3, -0.25) is 14.4 Å². The molecule has 3 N–H and O–H groups in total. The van der Waals surface area contributed by atoms with Crippen molar-refractivity contribution in [2.24, 2.45) is 17.6 Å². The third-order valence-corrected chi connectivity index (χ3v) is 4.17. The predicted octanol–water partition coefficient (Wildman–Crippen LogP) is -0.410. The Balaban J connectivity index is 1.97. The molecule has 2 amide bonds. The number of carboxylic acids is 1. The van der Waals surface area contributed by atoms with E-state index < -0.39 is 17.9 Å². The van der Waals surface area contributed by atoms with Gasteiger partial charge in [-0.05, 0) is 25.7 Å². The molecule has 1 saturated heterocycles. The first-order chi connectivity index (χ1) is 9.50. The van der Waals surface area contributed by atoms with Gasteiger partial charge in [0.15, 0.2) is 0 Å². The fourth-order valence-electron chi connectivity index (χ4n) is 2.93. The number of ether oxygens (including phenoxy) is 1. The molecular formula is C13H20N2O5. The van der Waals surface area contributed by atoms with Gasteiger partial charge in [0.1, 0.15) is 6.04 Å². The average Bonchev–Trinajstić information content (AvgIpc) is 2.46. The van der Waals surface area contributed by atoms with E-state index in [-0.39, 0.29) is 24.3 Å². The van der Waals surface area contributed by atoms with Gasteiger partial charge in [0.05, 0.1) is 19.1 Å². The number of hydrogen-bond donors (Lipinski definition) is 2. The van der Waals surface area contributed by atoms with E-state index in [0.29, 0.717) is 38.8 Å². The van der Waals surface area contributed by atoms with Gasteiger partial charge in [-0.25, -0.2) is 0 Å². The smallest absolute Gasteiger partial charge is 0.306 e. The van der Waals surface area contributed by atoms with Crippen LogP contribution in [0.15, 0.2) is 0 Å². The minimum absolute atomic E-state index is 0.0964. The van der Waals surface area contributed by atoms with Crippen LogP contribution in [0.3, 0.4) is 0 Å². The lowest BCUT2D eigenvalue weighted by Gasteiger charge is -2.37. The molecule has 0 aromatic heterocycles. The number of rotatable bonds is 3. The zero-order valence-corrected chi connectivity index (χ0v) is 11.3. The molecule has 0 radical (unpaired) electrons. The lowest BCUT2D eigenvalue weighted by Crippen LogP contribution is -2.56. The van der Waals surface area contributed by atoms with Crippen LogP contribution in [-0.4, -0.2) is 53.6 Å². The number of nitrogens with zero attached hydrogens (tertiary/aromatic N) is 1. The number of hydrogen-bond acceptors (Lipinski definition) is 4. The first kappa shape index (κ1) is 14.8. The summed E-state index contributed by atoms with van der Waals surface area (Å²) in [5, 5.41) is 8.95. The maximum absolute atomic E-state index is 12.5. The van der Waals surface area contributed by atoms with Gasteiger partial charge in [-0.2, -0.15) is 0 Å². The molecule has 1 aliphatic carbocycles. The summed E-state index contributed by atoms with van der Waals surface area (Å²) in [6.07, 6.45) is 2.13. The molecule has 0 bridgehead atoms. The van der Waals surface area contributed by atoms with Gasteiger partial charge in [0.2, 0.25) is 11.8 Å². The molecule has 2 aliphatic rings. The van der Waals surface area contributed by atoms with Crippen molar-refractivity contribution in [2.45, 2.75) is 31.7 Å². The molecule has 7 heteroatoms. The minimum atomic E-state index is -0.794. The molecule has 1 saturated carbocycles. The maximum atomic E-state index is 12.5. The lowest BCUT2D eigenvalue weighted by atomic mass is 9.81. The highest BCUT2D eigenvalue weighted by atomic mass is 16.5. The third kappa shape index (κ3) is 3.09. The van der Waals surface area contributed by atoms with E-state index in [4.69, 9.17) is 15.6 Å². The summed E-state index contributed by atoms with van der Waals surface area (Å²) in [6.45, 7) is 0.914. The number of carboxylic acid groups (broad SMARTS) is 1. The van der Waals surface area contributed by atoms with E-state index in [1.54, 1.807) is 0 Å². The van der Waals surface area contributed by atoms with Crippen LogP contribution in [-0.2, 0) is 19.1 Å². The van der Waals surface area contributed by atoms with Crippen molar-refractivity contribution in [1.29, 1.82) is 0 Å². The summed E-state index contributed by atoms with van der Waals surface area (Å²) in [4.78, 5) is 36.2. The van der Waals surface area contributed by atoms with Crippen molar-refractivity contribution in [3.63, 3.8) is 0 Å². The van der Waals surface area contributed by atoms with E-state index in [0.717, 1.165) is 0 Å². The second-order valence-corrected chi connectivity index (χ2v) is 5.41. The third-order valence-electron chi connectivity index (χ3n) is 4.17. The number of primary amides is 1. The maximum Gasteiger partial charge on any atom is 0.306 e. The fraction of sp³-hybridized carbons (Fsp3) is 0.769. The van der Waals surface area contributed by atoms with Gasteiger partial charge >= 0.3 is 5.97 Å². The van der Waals surface area contributed by atoms with E-state index in [2.05, 4.69) is 0 Å². The van der Waals surface area contributed by atoms with Crippen molar-refractivity contribution in [3.05, 3.63) is 0 Å². The average molecular weight is 284 g/mol. The Labute approximate surface area is 117 Å². The highest BCUT2D eigenvalue weighted by Crippen LogP contribution is 2.30. The summed E-state index contributed by atoms with van der Waals surface area (Å²) < 4.78 is 5.19. The van der Waals surface area contributed by atoms with Crippen LogP contribution < -0.4 is 5.73 Å². The van der Waals surface area contributed by atoms with Crippen LogP contribution >= 0.6 is 0 Å². The monoisotopic (exact) mass is 284 g/mol. The molecule has 2 fully saturated rings. The Morgan fingerprint density at radius 1 is 1.10 bits per heavy atom.